The fraction of sp³-hybridized carbons (Fsp3) is 0.417. The molecule has 2 aromatic rings. The summed E-state index contributed by atoms with van der Waals surface area (Å²) in [5, 5.41) is 3.00. The first-order chi connectivity index (χ1) is 14.1. The fourth-order valence-electron chi connectivity index (χ4n) is 3.09. The smallest absolute Gasteiger partial charge is 0.261 e. The van der Waals surface area contributed by atoms with Crippen molar-refractivity contribution in [2.24, 2.45) is 0 Å². The lowest BCUT2D eigenvalue weighted by Gasteiger charge is -2.33. The summed E-state index contributed by atoms with van der Waals surface area (Å²) in [5.74, 6) is 0.236. The minimum Gasteiger partial charge on any atom is -0.484 e. The maximum Gasteiger partial charge on any atom is 0.261 e. The first-order valence-corrected chi connectivity index (χ1v) is 10.9. The Morgan fingerprint density at radius 1 is 1.13 bits per heavy atom. The number of ether oxygens (including phenoxy) is 1. The first-order valence-electron chi connectivity index (χ1n) is 10.1. The van der Waals surface area contributed by atoms with E-state index < -0.39 is 6.04 Å². The quantitative estimate of drug-likeness (QED) is 0.594. The van der Waals surface area contributed by atoms with Crippen LogP contribution in [0.2, 0.25) is 0 Å². The standard InChI is InChI=1S/C24H31BrN2O3/c1-6-21(23(29)26-24(3,4)5)27(15-18-10-8-7-9-11-18)22(28)16-30-19-12-13-20(25)17(2)14-19/h7-14,21H,6,15-16H2,1-5H3,(H,26,29). The average molecular weight is 475 g/mol. The van der Waals surface area contributed by atoms with E-state index in [1.807, 2.05) is 83.1 Å². The number of benzene rings is 2. The molecule has 0 aliphatic carbocycles. The third-order valence-electron chi connectivity index (χ3n) is 4.57. The van der Waals surface area contributed by atoms with Gasteiger partial charge in [-0.1, -0.05) is 53.2 Å². The highest BCUT2D eigenvalue weighted by molar-refractivity contribution is 9.10. The summed E-state index contributed by atoms with van der Waals surface area (Å²) in [6, 6.07) is 14.7. The molecule has 1 N–H and O–H groups in total. The molecule has 30 heavy (non-hydrogen) atoms. The van der Waals surface area contributed by atoms with Gasteiger partial charge in [-0.05, 0) is 63.4 Å². The number of carbonyl (C=O) groups is 2. The predicted molar refractivity (Wildman–Crippen MR) is 123 cm³/mol. The zero-order valence-corrected chi connectivity index (χ0v) is 20.0. The largest absolute Gasteiger partial charge is 0.484 e. The second-order valence-electron chi connectivity index (χ2n) is 8.37. The summed E-state index contributed by atoms with van der Waals surface area (Å²) in [7, 11) is 0. The third-order valence-corrected chi connectivity index (χ3v) is 5.46. The molecule has 5 nitrogen and oxygen atoms in total. The van der Waals surface area contributed by atoms with E-state index in [-0.39, 0.29) is 24.0 Å². The summed E-state index contributed by atoms with van der Waals surface area (Å²) in [6.07, 6.45) is 0.512. The molecule has 1 atom stereocenters. The molecule has 0 aromatic heterocycles. The molecule has 2 aromatic carbocycles. The molecule has 0 radical (unpaired) electrons. The number of aryl methyl sites for hydroxylation is 1. The van der Waals surface area contributed by atoms with E-state index in [4.69, 9.17) is 4.74 Å². The van der Waals surface area contributed by atoms with Gasteiger partial charge in [-0.15, -0.1) is 0 Å². The van der Waals surface area contributed by atoms with Crippen LogP contribution in [0.15, 0.2) is 53.0 Å². The number of halogens is 1. The van der Waals surface area contributed by atoms with Gasteiger partial charge in [-0.25, -0.2) is 0 Å². The summed E-state index contributed by atoms with van der Waals surface area (Å²) in [4.78, 5) is 27.7. The number of amides is 2. The van der Waals surface area contributed by atoms with Crippen LogP contribution in [-0.2, 0) is 16.1 Å². The van der Waals surface area contributed by atoms with Crippen molar-refractivity contribution in [3.05, 3.63) is 64.1 Å². The highest BCUT2D eigenvalue weighted by Crippen LogP contribution is 2.22. The van der Waals surface area contributed by atoms with Crippen molar-refractivity contribution >= 4 is 27.7 Å². The van der Waals surface area contributed by atoms with Gasteiger partial charge in [-0.3, -0.25) is 9.59 Å². The monoisotopic (exact) mass is 474 g/mol. The van der Waals surface area contributed by atoms with Crippen LogP contribution in [0.3, 0.4) is 0 Å². The van der Waals surface area contributed by atoms with Gasteiger partial charge < -0.3 is 15.0 Å². The average Bonchev–Trinajstić information content (AvgIpc) is 2.68. The number of nitrogens with one attached hydrogen (secondary N) is 1. The van der Waals surface area contributed by atoms with E-state index >= 15 is 0 Å². The SMILES string of the molecule is CCC(C(=O)NC(C)(C)C)N(Cc1ccccc1)C(=O)COc1ccc(Br)c(C)c1. The summed E-state index contributed by atoms with van der Waals surface area (Å²) in [6.45, 7) is 9.88. The molecule has 162 valence electrons. The van der Waals surface area contributed by atoms with Crippen molar-refractivity contribution in [3.63, 3.8) is 0 Å². The Morgan fingerprint density at radius 3 is 2.37 bits per heavy atom. The van der Waals surface area contributed by atoms with Gasteiger partial charge >= 0.3 is 0 Å². The second kappa shape index (κ2) is 10.6. The molecular formula is C24H31BrN2O3. The van der Waals surface area contributed by atoms with Crippen LogP contribution in [0.1, 0.15) is 45.2 Å². The van der Waals surface area contributed by atoms with Crippen molar-refractivity contribution in [1.82, 2.24) is 10.2 Å². The van der Waals surface area contributed by atoms with Crippen LogP contribution in [0.5, 0.6) is 5.75 Å². The maximum atomic E-state index is 13.2. The van der Waals surface area contributed by atoms with Crippen molar-refractivity contribution in [2.75, 3.05) is 6.61 Å². The van der Waals surface area contributed by atoms with E-state index in [0.29, 0.717) is 18.7 Å². The Kier molecular flexibility index (Phi) is 8.47. The Bertz CT molecular complexity index is 862. The molecular weight excluding hydrogens is 444 g/mol. The van der Waals surface area contributed by atoms with Crippen LogP contribution in [0.25, 0.3) is 0 Å². The minimum absolute atomic E-state index is 0.132. The van der Waals surface area contributed by atoms with Crippen molar-refractivity contribution < 1.29 is 14.3 Å². The predicted octanol–water partition coefficient (Wildman–Crippen LogP) is 4.86. The number of carbonyl (C=O) groups excluding carboxylic acids is 2. The maximum absolute atomic E-state index is 13.2. The summed E-state index contributed by atoms with van der Waals surface area (Å²) < 4.78 is 6.74. The Hall–Kier alpha value is -2.34. The molecule has 0 aliphatic rings. The van der Waals surface area contributed by atoms with Gasteiger partial charge in [0.15, 0.2) is 6.61 Å². The molecule has 0 bridgehead atoms. The molecule has 0 saturated heterocycles. The highest BCUT2D eigenvalue weighted by Gasteiger charge is 2.30. The Morgan fingerprint density at radius 2 is 1.80 bits per heavy atom. The molecule has 0 saturated carbocycles. The van der Waals surface area contributed by atoms with E-state index in [0.717, 1.165) is 15.6 Å². The van der Waals surface area contributed by atoms with Crippen LogP contribution < -0.4 is 10.1 Å². The summed E-state index contributed by atoms with van der Waals surface area (Å²) >= 11 is 3.46. The minimum atomic E-state index is -0.577. The van der Waals surface area contributed by atoms with Gasteiger partial charge in [0.05, 0.1) is 0 Å². The number of rotatable bonds is 8. The molecule has 6 heteroatoms. The molecule has 2 amide bonds. The number of hydrogen-bond donors (Lipinski definition) is 1. The van der Waals surface area contributed by atoms with Crippen molar-refractivity contribution in [2.45, 2.75) is 59.2 Å². The van der Waals surface area contributed by atoms with Gasteiger partial charge in [-0.2, -0.15) is 0 Å². The normalized spacial score (nSPS) is 12.2. The lowest BCUT2D eigenvalue weighted by molar-refractivity contribution is -0.143. The van der Waals surface area contributed by atoms with E-state index in [2.05, 4.69) is 21.2 Å². The van der Waals surface area contributed by atoms with Crippen LogP contribution >= 0.6 is 15.9 Å². The molecule has 0 aliphatic heterocycles. The van der Waals surface area contributed by atoms with E-state index in [1.54, 1.807) is 4.90 Å². The van der Waals surface area contributed by atoms with Crippen molar-refractivity contribution in [1.29, 1.82) is 0 Å². The van der Waals surface area contributed by atoms with Gasteiger partial charge in [0.2, 0.25) is 5.91 Å². The van der Waals surface area contributed by atoms with Gasteiger partial charge in [0.1, 0.15) is 11.8 Å². The van der Waals surface area contributed by atoms with Crippen molar-refractivity contribution in [3.8, 4) is 5.75 Å². The third kappa shape index (κ3) is 7.17. The number of hydrogen-bond acceptors (Lipinski definition) is 3. The van der Waals surface area contributed by atoms with Crippen LogP contribution in [0, 0.1) is 6.92 Å². The topological polar surface area (TPSA) is 58.6 Å². The molecule has 1 unspecified atom stereocenters. The summed E-state index contributed by atoms with van der Waals surface area (Å²) in [5.41, 5.74) is 1.61. The Balaban J connectivity index is 2.21. The second-order valence-corrected chi connectivity index (χ2v) is 9.22. The van der Waals surface area contributed by atoms with E-state index in [1.165, 1.54) is 0 Å². The van der Waals surface area contributed by atoms with Crippen LogP contribution in [0.4, 0.5) is 0 Å². The molecule has 0 spiro atoms. The number of nitrogens with zero attached hydrogens (tertiary/aromatic N) is 1. The zero-order chi connectivity index (χ0) is 22.3. The van der Waals surface area contributed by atoms with E-state index in [9.17, 15) is 9.59 Å². The zero-order valence-electron chi connectivity index (χ0n) is 18.4. The van der Waals surface area contributed by atoms with Crippen LogP contribution in [-0.4, -0.2) is 34.9 Å². The Labute approximate surface area is 187 Å². The first kappa shape index (κ1) is 23.9. The van der Waals surface area contributed by atoms with Gasteiger partial charge in [0.25, 0.3) is 5.91 Å². The lowest BCUT2D eigenvalue weighted by atomic mass is 10.1. The van der Waals surface area contributed by atoms with Gasteiger partial charge in [0, 0.05) is 16.6 Å². The highest BCUT2D eigenvalue weighted by atomic mass is 79.9. The molecule has 0 heterocycles. The molecule has 0 fully saturated rings. The fourth-order valence-corrected chi connectivity index (χ4v) is 3.33. The molecule has 2 rings (SSSR count). The lowest BCUT2D eigenvalue weighted by Crippen LogP contribution is -2.54.